The van der Waals surface area contributed by atoms with Crippen LogP contribution < -0.4 is 10.0 Å². The molecule has 114 valence electrons. The van der Waals surface area contributed by atoms with Crippen LogP contribution in [-0.4, -0.2) is 19.4 Å². The number of aromatic nitrogens is 1. The molecular formula is C15H16N4O2S. The molecule has 3 rings (SSSR count). The Kier molecular flexibility index (Phi) is 3.81. The first-order valence-electron chi connectivity index (χ1n) is 6.94. The number of nitrogens with zero attached hydrogens (tertiary/aromatic N) is 2. The standard InChI is InChI=1S/C15H16N4O2S/c1-2-11-5-6-13-14(8-11)22(20,21)19-15(18-13)17-10-12-4-3-7-16-9-12/h3-9H,2,10H2,1H3,(H2,17,18,19). The van der Waals surface area contributed by atoms with Crippen molar-refractivity contribution in [2.75, 3.05) is 5.32 Å². The summed E-state index contributed by atoms with van der Waals surface area (Å²) in [4.78, 5) is 8.53. The molecule has 0 bridgehead atoms. The van der Waals surface area contributed by atoms with Crippen molar-refractivity contribution in [3.05, 3.63) is 53.9 Å². The molecule has 0 amide bonds. The summed E-state index contributed by atoms with van der Waals surface area (Å²) < 4.78 is 27.1. The van der Waals surface area contributed by atoms with Crippen molar-refractivity contribution in [1.29, 1.82) is 0 Å². The van der Waals surface area contributed by atoms with Crippen molar-refractivity contribution in [2.24, 2.45) is 4.99 Å². The highest BCUT2D eigenvalue weighted by atomic mass is 32.2. The van der Waals surface area contributed by atoms with E-state index in [2.05, 4.69) is 20.0 Å². The minimum absolute atomic E-state index is 0.223. The van der Waals surface area contributed by atoms with Crippen LogP contribution in [0, 0.1) is 0 Å². The Morgan fingerprint density at radius 3 is 2.82 bits per heavy atom. The first kappa shape index (κ1) is 14.5. The Morgan fingerprint density at radius 1 is 1.23 bits per heavy atom. The number of sulfonamides is 1. The van der Waals surface area contributed by atoms with Crippen LogP contribution in [0.2, 0.25) is 0 Å². The van der Waals surface area contributed by atoms with Crippen molar-refractivity contribution in [3.63, 3.8) is 0 Å². The second kappa shape index (κ2) is 5.76. The smallest absolute Gasteiger partial charge is 0.266 e. The zero-order valence-corrected chi connectivity index (χ0v) is 12.9. The predicted octanol–water partition coefficient (Wildman–Crippen LogP) is 1.90. The van der Waals surface area contributed by atoms with Gasteiger partial charge in [0.05, 0.1) is 12.2 Å². The second-order valence-corrected chi connectivity index (χ2v) is 6.59. The van der Waals surface area contributed by atoms with E-state index in [0.29, 0.717) is 12.2 Å². The minimum atomic E-state index is -3.59. The zero-order valence-electron chi connectivity index (χ0n) is 12.1. The minimum Gasteiger partial charge on any atom is -0.324 e. The van der Waals surface area contributed by atoms with Gasteiger partial charge in [-0.05, 0) is 35.7 Å². The molecule has 0 atom stereocenters. The molecule has 2 aromatic rings. The fourth-order valence-corrected chi connectivity index (χ4v) is 3.38. The van der Waals surface area contributed by atoms with E-state index in [-0.39, 0.29) is 10.9 Å². The molecule has 2 N–H and O–H groups in total. The molecule has 0 radical (unpaired) electrons. The van der Waals surface area contributed by atoms with Gasteiger partial charge in [-0.3, -0.25) is 4.98 Å². The maximum absolute atomic E-state index is 12.3. The van der Waals surface area contributed by atoms with E-state index in [1.54, 1.807) is 24.5 Å². The Balaban J connectivity index is 1.89. The quantitative estimate of drug-likeness (QED) is 0.906. The van der Waals surface area contributed by atoms with E-state index in [1.807, 2.05) is 25.1 Å². The van der Waals surface area contributed by atoms with Crippen LogP contribution in [0.15, 0.2) is 52.6 Å². The highest BCUT2D eigenvalue weighted by molar-refractivity contribution is 7.90. The molecule has 2 heterocycles. The molecular weight excluding hydrogens is 300 g/mol. The van der Waals surface area contributed by atoms with Gasteiger partial charge in [-0.2, -0.15) is 0 Å². The van der Waals surface area contributed by atoms with Crippen molar-refractivity contribution >= 4 is 21.7 Å². The number of aryl methyl sites for hydroxylation is 1. The van der Waals surface area contributed by atoms with Gasteiger partial charge in [0.2, 0.25) is 5.96 Å². The molecule has 0 saturated heterocycles. The zero-order chi connectivity index (χ0) is 15.6. The monoisotopic (exact) mass is 316 g/mol. The van der Waals surface area contributed by atoms with E-state index >= 15 is 0 Å². The summed E-state index contributed by atoms with van der Waals surface area (Å²) in [5.41, 5.74) is 2.42. The number of benzene rings is 1. The molecule has 1 aliphatic rings. The van der Waals surface area contributed by atoms with E-state index in [9.17, 15) is 8.42 Å². The van der Waals surface area contributed by atoms with Crippen LogP contribution in [0.4, 0.5) is 5.69 Å². The number of nitrogens with one attached hydrogen (secondary N) is 2. The predicted molar refractivity (Wildman–Crippen MR) is 85.1 cm³/mol. The third-order valence-corrected chi connectivity index (χ3v) is 4.75. The Labute approximate surface area is 129 Å². The molecule has 1 aliphatic heterocycles. The number of pyridine rings is 1. The Morgan fingerprint density at radius 2 is 2.09 bits per heavy atom. The lowest BCUT2D eigenvalue weighted by atomic mass is 10.1. The van der Waals surface area contributed by atoms with Gasteiger partial charge in [0.25, 0.3) is 10.0 Å². The van der Waals surface area contributed by atoms with Crippen LogP contribution in [0.5, 0.6) is 0 Å². The van der Waals surface area contributed by atoms with Crippen LogP contribution in [0.3, 0.4) is 0 Å². The summed E-state index contributed by atoms with van der Waals surface area (Å²) in [5.74, 6) is 0.223. The van der Waals surface area contributed by atoms with Crippen molar-refractivity contribution in [1.82, 2.24) is 9.71 Å². The van der Waals surface area contributed by atoms with Gasteiger partial charge in [0.1, 0.15) is 4.90 Å². The maximum Gasteiger partial charge on any atom is 0.266 e. The Bertz CT molecular complexity index is 817. The highest BCUT2D eigenvalue weighted by Crippen LogP contribution is 2.26. The number of fused-ring (bicyclic) bond motifs is 1. The molecule has 0 saturated carbocycles. The fourth-order valence-electron chi connectivity index (χ4n) is 2.18. The molecule has 1 aromatic heterocycles. The fraction of sp³-hybridized carbons (Fsp3) is 0.200. The van der Waals surface area contributed by atoms with Crippen LogP contribution >= 0.6 is 0 Å². The number of rotatable bonds is 3. The number of anilines is 1. The summed E-state index contributed by atoms with van der Waals surface area (Å²) in [6, 6.07) is 9.06. The first-order chi connectivity index (χ1) is 10.6. The van der Waals surface area contributed by atoms with Crippen molar-refractivity contribution < 1.29 is 8.42 Å². The molecule has 0 aliphatic carbocycles. The van der Waals surface area contributed by atoms with Gasteiger partial charge in [-0.15, -0.1) is 0 Å². The lowest BCUT2D eigenvalue weighted by molar-refractivity contribution is 0.591. The van der Waals surface area contributed by atoms with Gasteiger partial charge in [-0.1, -0.05) is 19.1 Å². The third kappa shape index (κ3) is 2.94. The topological polar surface area (TPSA) is 83.5 Å². The van der Waals surface area contributed by atoms with Crippen LogP contribution in [0.25, 0.3) is 0 Å². The summed E-state index contributed by atoms with van der Waals surface area (Å²) in [7, 11) is -3.59. The van der Waals surface area contributed by atoms with Crippen LogP contribution in [-0.2, 0) is 23.0 Å². The summed E-state index contributed by atoms with van der Waals surface area (Å²) in [5, 5.41) is 3.01. The average molecular weight is 316 g/mol. The normalized spacial score (nSPS) is 17.4. The molecule has 0 spiro atoms. The van der Waals surface area contributed by atoms with Crippen molar-refractivity contribution in [2.45, 2.75) is 24.8 Å². The molecule has 7 heteroatoms. The number of hydrogen-bond donors (Lipinski definition) is 2. The summed E-state index contributed by atoms with van der Waals surface area (Å²) in [6.07, 6.45) is 4.16. The first-order valence-corrected chi connectivity index (χ1v) is 8.43. The molecule has 22 heavy (non-hydrogen) atoms. The number of hydrogen-bond acceptors (Lipinski definition) is 4. The van der Waals surface area contributed by atoms with Gasteiger partial charge >= 0.3 is 0 Å². The van der Waals surface area contributed by atoms with Crippen LogP contribution in [0.1, 0.15) is 18.1 Å². The van der Waals surface area contributed by atoms with Crippen molar-refractivity contribution in [3.8, 4) is 0 Å². The van der Waals surface area contributed by atoms with Gasteiger partial charge in [0, 0.05) is 12.4 Å². The molecule has 6 nitrogen and oxygen atoms in total. The van der Waals surface area contributed by atoms with E-state index in [4.69, 9.17) is 0 Å². The highest BCUT2D eigenvalue weighted by Gasteiger charge is 2.26. The van der Waals surface area contributed by atoms with E-state index in [1.165, 1.54) is 0 Å². The molecule has 0 fully saturated rings. The second-order valence-electron chi connectivity index (χ2n) is 4.94. The Hall–Kier alpha value is -2.41. The van der Waals surface area contributed by atoms with E-state index in [0.717, 1.165) is 17.5 Å². The molecule has 0 unspecified atom stereocenters. The van der Waals surface area contributed by atoms with Gasteiger partial charge < -0.3 is 5.32 Å². The lowest BCUT2D eigenvalue weighted by Crippen LogP contribution is -2.40. The number of aliphatic imine (C=N–C) groups is 1. The number of guanidine groups is 1. The van der Waals surface area contributed by atoms with Gasteiger partial charge in [-0.25, -0.2) is 18.1 Å². The maximum atomic E-state index is 12.3. The summed E-state index contributed by atoms with van der Waals surface area (Å²) >= 11 is 0. The molecule has 1 aromatic carbocycles. The summed E-state index contributed by atoms with van der Waals surface area (Å²) in [6.45, 7) is 2.33. The third-order valence-electron chi connectivity index (χ3n) is 3.37. The average Bonchev–Trinajstić information content (AvgIpc) is 2.53. The largest absolute Gasteiger partial charge is 0.324 e. The van der Waals surface area contributed by atoms with E-state index < -0.39 is 10.0 Å². The SMILES string of the molecule is CCc1ccc2c(c1)S(=O)(=O)NC(=NCc1cccnc1)N2. The lowest BCUT2D eigenvalue weighted by Gasteiger charge is -2.22. The van der Waals surface area contributed by atoms with Gasteiger partial charge in [0.15, 0.2) is 0 Å².